The Morgan fingerprint density at radius 3 is 2.21 bits per heavy atom. The molecule has 3 rings (SSSR count). The van der Waals surface area contributed by atoms with Crippen molar-refractivity contribution in [3.63, 3.8) is 0 Å². The number of aryl methyl sites for hydroxylation is 2. The fourth-order valence-corrected chi connectivity index (χ4v) is 3.73. The molecular weight excluding hydrogens is 364 g/mol. The van der Waals surface area contributed by atoms with Crippen molar-refractivity contribution in [3.8, 4) is 5.75 Å². The van der Waals surface area contributed by atoms with Crippen molar-refractivity contribution in [2.24, 2.45) is 5.41 Å². The number of hydrogen-bond acceptors (Lipinski definition) is 5. The second kappa shape index (κ2) is 8.39. The summed E-state index contributed by atoms with van der Waals surface area (Å²) in [5.41, 5.74) is 3.01. The van der Waals surface area contributed by atoms with Crippen LogP contribution >= 0.6 is 0 Å². The molecule has 1 aromatic carbocycles. The highest BCUT2D eigenvalue weighted by molar-refractivity contribution is 5.81. The molecule has 156 valence electrons. The Morgan fingerprint density at radius 1 is 1.03 bits per heavy atom. The second-order valence-electron chi connectivity index (χ2n) is 8.71. The molecule has 0 saturated carbocycles. The van der Waals surface area contributed by atoms with E-state index in [1.54, 1.807) is 7.11 Å². The Labute approximate surface area is 173 Å². The van der Waals surface area contributed by atoms with Crippen LogP contribution in [0.25, 0.3) is 0 Å². The van der Waals surface area contributed by atoms with E-state index in [0.717, 1.165) is 61.2 Å². The fourth-order valence-electron chi connectivity index (χ4n) is 3.73. The minimum Gasteiger partial charge on any atom is -0.497 e. The molecule has 0 bridgehead atoms. The number of benzene rings is 1. The van der Waals surface area contributed by atoms with Gasteiger partial charge in [0, 0.05) is 49.3 Å². The monoisotopic (exact) mass is 396 g/mol. The molecule has 6 nitrogen and oxygen atoms in total. The second-order valence-corrected chi connectivity index (χ2v) is 8.71. The van der Waals surface area contributed by atoms with Gasteiger partial charge in [-0.2, -0.15) is 0 Å². The maximum absolute atomic E-state index is 12.6. The average molecular weight is 397 g/mol. The van der Waals surface area contributed by atoms with Gasteiger partial charge in [-0.15, -0.1) is 0 Å². The zero-order chi connectivity index (χ0) is 21.2. The molecule has 1 saturated heterocycles. The summed E-state index contributed by atoms with van der Waals surface area (Å²) in [6.07, 6.45) is 0.770. The molecule has 1 fully saturated rings. The number of carbonyl (C=O) groups is 1. The summed E-state index contributed by atoms with van der Waals surface area (Å²) in [4.78, 5) is 26.3. The number of nitrogens with zero attached hydrogens (tertiary/aromatic N) is 4. The van der Waals surface area contributed by atoms with Gasteiger partial charge in [-0.05, 0) is 31.5 Å². The van der Waals surface area contributed by atoms with Crippen LogP contribution in [0.5, 0.6) is 5.75 Å². The van der Waals surface area contributed by atoms with Gasteiger partial charge in [-0.1, -0.05) is 32.9 Å². The first kappa shape index (κ1) is 21.1. The number of aromatic nitrogens is 2. The maximum Gasteiger partial charge on any atom is 0.228 e. The van der Waals surface area contributed by atoms with E-state index >= 15 is 0 Å². The molecule has 2 heterocycles. The summed E-state index contributed by atoms with van der Waals surface area (Å²) in [7, 11) is 1.68. The van der Waals surface area contributed by atoms with Gasteiger partial charge >= 0.3 is 0 Å². The van der Waals surface area contributed by atoms with E-state index < -0.39 is 0 Å². The van der Waals surface area contributed by atoms with Crippen molar-refractivity contribution in [3.05, 3.63) is 46.9 Å². The van der Waals surface area contributed by atoms with Crippen molar-refractivity contribution in [2.75, 3.05) is 38.2 Å². The topological polar surface area (TPSA) is 58.6 Å². The van der Waals surface area contributed by atoms with Crippen LogP contribution in [0.2, 0.25) is 0 Å². The van der Waals surface area contributed by atoms with Crippen molar-refractivity contribution < 1.29 is 9.53 Å². The molecule has 1 aliphatic heterocycles. The zero-order valence-corrected chi connectivity index (χ0v) is 18.5. The largest absolute Gasteiger partial charge is 0.497 e. The summed E-state index contributed by atoms with van der Waals surface area (Å²) < 4.78 is 5.27. The van der Waals surface area contributed by atoms with Gasteiger partial charge < -0.3 is 14.5 Å². The van der Waals surface area contributed by atoms with Crippen molar-refractivity contribution in [1.29, 1.82) is 0 Å². The number of amides is 1. The first-order valence-electron chi connectivity index (χ1n) is 10.2. The van der Waals surface area contributed by atoms with Crippen molar-refractivity contribution in [2.45, 2.75) is 41.0 Å². The minimum absolute atomic E-state index is 0.214. The molecule has 1 aliphatic rings. The van der Waals surface area contributed by atoms with Crippen LogP contribution in [0.4, 0.5) is 5.82 Å². The van der Waals surface area contributed by atoms with Crippen molar-refractivity contribution >= 4 is 11.7 Å². The van der Waals surface area contributed by atoms with Crippen LogP contribution in [0.15, 0.2) is 24.3 Å². The van der Waals surface area contributed by atoms with E-state index in [9.17, 15) is 4.79 Å². The Morgan fingerprint density at radius 2 is 1.66 bits per heavy atom. The number of rotatable bonds is 4. The van der Waals surface area contributed by atoms with Gasteiger partial charge in [0.25, 0.3) is 0 Å². The number of anilines is 1. The number of methoxy groups -OCH3 is 1. The van der Waals surface area contributed by atoms with Crippen LogP contribution in [-0.4, -0.2) is 54.1 Å². The molecule has 0 spiro atoms. The van der Waals surface area contributed by atoms with E-state index in [2.05, 4.69) is 28.9 Å². The lowest BCUT2D eigenvalue weighted by atomic mass is 9.94. The number of piperazine rings is 1. The normalized spacial score (nSPS) is 14.8. The lowest BCUT2D eigenvalue weighted by Gasteiger charge is -2.39. The van der Waals surface area contributed by atoms with Gasteiger partial charge in [-0.25, -0.2) is 9.97 Å². The zero-order valence-electron chi connectivity index (χ0n) is 18.5. The van der Waals surface area contributed by atoms with Crippen LogP contribution in [0.1, 0.15) is 43.4 Å². The highest BCUT2D eigenvalue weighted by Gasteiger charge is 2.30. The molecule has 6 heteroatoms. The van der Waals surface area contributed by atoms with E-state index in [0.29, 0.717) is 0 Å². The molecule has 2 aromatic rings. The predicted molar refractivity (Wildman–Crippen MR) is 116 cm³/mol. The molecule has 0 radical (unpaired) electrons. The molecule has 0 unspecified atom stereocenters. The molecule has 29 heavy (non-hydrogen) atoms. The quantitative estimate of drug-likeness (QED) is 0.793. The van der Waals surface area contributed by atoms with Gasteiger partial charge in [0.15, 0.2) is 0 Å². The number of carbonyl (C=O) groups excluding carboxylic acids is 1. The van der Waals surface area contributed by atoms with Crippen LogP contribution in [-0.2, 0) is 11.2 Å². The molecule has 1 aromatic heterocycles. The maximum atomic E-state index is 12.6. The first-order valence-corrected chi connectivity index (χ1v) is 10.2. The van der Waals surface area contributed by atoms with Gasteiger partial charge in [-0.3, -0.25) is 4.79 Å². The van der Waals surface area contributed by atoms with E-state index in [-0.39, 0.29) is 11.3 Å². The molecule has 1 amide bonds. The van der Waals surface area contributed by atoms with Gasteiger partial charge in [0.05, 0.1) is 7.11 Å². The molecular formula is C23H32N4O2. The standard InChI is InChI=1S/C23H32N4O2/c1-16-20(15-18-7-9-19(29-6)10-8-18)21(25-17(2)24-16)26-11-13-27(14-12-26)22(28)23(3,4)5/h7-10H,11-15H2,1-6H3. The third kappa shape index (κ3) is 4.86. The third-order valence-electron chi connectivity index (χ3n) is 5.35. The predicted octanol–water partition coefficient (Wildman–Crippen LogP) is 3.39. The SMILES string of the molecule is COc1ccc(Cc2c(C)nc(C)nc2N2CCN(C(=O)C(C)(C)C)CC2)cc1. The highest BCUT2D eigenvalue weighted by Crippen LogP contribution is 2.27. The van der Waals surface area contributed by atoms with Crippen molar-refractivity contribution in [1.82, 2.24) is 14.9 Å². The smallest absolute Gasteiger partial charge is 0.228 e. The lowest BCUT2D eigenvalue weighted by Crippen LogP contribution is -2.52. The van der Waals surface area contributed by atoms with E-state index in [1.807, 2.05) is 44.7 Å². The summed E-state index contributed by atoms with van der Waals surface area (Å²) in [5.74, 6) is 2.84. The Kier molecular flexibility index (Phi) is 6.10. The molecule has 0 aliphatic carbocycles. The highest BCUT2D eigenvalue weighted by atomic mass is 16.5. The van der Waals surface area contributed by atoms with Crippen LogP contribution in [0.3, 0.4) is 0 Å². The summed E-state index contributed by atoms with van der Waals surface area (Å²) in [6.45, 7) is 12.9. The summed E-state index contributed by atoms with van der Waals surface area (Å²) in [5, 5.41) is 0. The van der Waals surface area contributed by atoms with Crippen LogP contribution in [0, 0.1) is 19.3 Å². The van der Waals surface area contributed by atoms with Gasteiger partial charge in [0.2, 0.25) is 5.91 Å². The Hall–Kier alpha value is -2.63. The van der Waals surface area contributed by atoms with E-state index in [4.69, 9.17) is 9.72 Å². The Balaban J connectivity index is 1.81. The summed E-state index contributed by atoms with van der Waals surface area (Å²) >= 11 is 0. The van der Waals surface area contributed by atoms with E-state index in [1.165, 1.54) is 5.56 Å². The average Bonchev–Trinajstić information content (AvgIpc) is 2.69. The fraction of sp³-hybridized carbons (Fsp3) is 0.522. The minimum atomic E-state index is -0.343. The number of ether oxygens (including phenoxy) is 1. The first-order chi connectivity index (χ1) is 13.7. The lowest BCUT2D eigenvalue weighted by molar-refractivity contribution is -0.139. The molecule has 0 atom stereocenters. The number of hydrogen-bond donors (Lipinski definition) is 0. The summed E-state index contributed by atoms with van der Waals surface area (Å²) in [6, 6.07) is 8.14. The molecule has 0 N–H and O–H groups in total. The van der Waals surface area contributed by atoms with Gasteiger partial charge in [0.1, 0.15) is 17.4 Å². The van der Waals surface area contributed by atoms with Crippen LogP contribution < -0.4 is 9.64 Å². The third-order valence-corrected chi connectivity index (χ3v) is 5.35. The Bertz CT molecular complexity index is 864.